The number of anilines is 2. The Morgan fingerprint density at radius 3 is 2.31 bits per heavy atom. The number of carbonyl (C=O) groups excluding carboxylic acids is 2. The zero-order valence-corrected chi connectivity index (χ0v) is 22.4. The number of aliphatic imine (C=N–C) groups is 1. The zero-order chi connectivity index (χ0) is 27.2. The lowest BCUT2D eigenvalue weighted by molar-refractivity contribution is -0.118. The van der Waals surface area contributed by atoms with Crippen molar-refractivity contribution in [2.45, 2.75) is 13.8 Å². The van der Waals surface area contributed by atoms with Gasteiger partial charge in [-0.05, 0) is 85.8 Å². The van der Waals surface area contributed by atoms with Gasteiger partial charge >= 0.3 is 0 Å². The fraction of sp³-hybridized carbons (Fsp3) is 0.0938. The molecule has 1 heterocycles. The highest BCUT2D eigenvalue weighted by Gasteiger charge is 2.34. The number of ether oxygens (including phenoxy) is 1. The highest BCUT2D eigenvalue weighted by Crippen LogP contribution is 2.37. The second-order valence-electron chi connectivity index (χ2n) is 9.09. The summed E-state index contributed by atoms with van der Waals surface area (Å²) in [5.74, 6) is 0.132. The third kappa shape index (κ3) is 6.64. The predicted octanol–water partition coefficient (Wildman–Crippen LogP) is 7.13. The van der Waals surface area contributed by atoms with Gasteiger partial charge in [0.25, 0.3) is 11.8 Å². The summed E-state index contributed by atoms with van der Waals surface area (Å²) < 4.78 is 5.72. The van der Waals surface area contributed by atoms with Gasteiger partial charge in [0, 0.05) is 5.69 Å². The number of amidine groups is 1. The normalized spacial score (nSPS) is 15.1. The molecule has 7 heteroatoms. The van der Waals surface area contributed by atoms with Crippen molar-refractivity contribution in [3.8, 4) is 5.75 Å². The summed E-state index contributed by atoms with van der Waals surface area (Å²) in [4.78, 5) is 32.9. The monoisotopic (exact) mass is 533 g/mol. The van der Waals surface area contributed by atoms with E-state index in [0.29, 0.717) is 21.5 Å². The average molecular weight is 534 g/mol. The van der Waals surface area contributed by atoms with Crippen molar-refractivity contribution in [1.29, 1.82) is 0 Å². The number of carbonyl (C=O) groups is 2. The SMILES string of the molecule is Cc1ccc(N=C2S/C(=C\c3cccc(OCC(=O)Nc4ccccc4)c3)C(=O)N2c2ccc(C)cc2)cc1. The number of hydrogen-bond donors (Lipinski definition) is 1. The van der Waals surface area contributed by atoms with Crippen molar-refractivity contribution in [2.75, 3.05) is 16.8 Å². The summed E-state index contributed by atoms with van der Waals surface area (Å²) in [6, 6.07) is 32.2. The second-order valence-corrected chi connectivity index (χ2v) is 10.1. The van der Waals surface area contributed by atoms with E-state index in [1.54, 1.807) is 11.0 Å². The van der Waals surface area contributed by atoms with E-state index in [1.807, 2.05) is 117 Å². The van der Waals surface area contributed by atoms with E-state index in [-0.39, 0.29) is 18.4 Å². The molecule has 0 bridgehead atoms. The third-order valence-corrected chi connectivity index (χ3v) is 6.91. The Balaban J connectivity index is 1.36. The lowest BCUT2D eigenvalue weighted by atomic mass is 10.2. The van der Waals surface area contributed by atoms with Gasteiger partial charge in [0.05, 0.1) is 16.3 Å². The maximum Gasteiger partial charge on any atom is 0.271 e. The number of amides is 2. The number of benzene rings is 4. The molecule has 1 aliphatic rings. The van der Waals surface area contributed by atoms with E-state index in [1.165, 1.54) is 11.8 Å². The first-order valence-corrected chi connectivity index (χ1v) is 13.3. The Morgan fingerprint density at radius 2 is 1.59 bits per heavy atom. The molecule has 0 spiro atoms. The number of nitrogens with zero attached hydrogens (tertiary/aromatic N) is 2. The van der Waals surface area contributed by atoms with E-state index in [2.05, 4.69) is 5.32 Å². The van der Waals surface area contributed by atoms with Crippen LogP contribution in [0.15, 0.2) is 113 Å². The van der Waals surface area contributed by atoms with Crippen molar-refractivity contribution >= 4 is 51.9 Å². The van der Waals surface area contributed by atoms with E-state index in [0.717, 1.165) is 28.1 Å². The number of aryl methyl sites for hydroxylation is 2. The number of rotatable bonds is 7. The van der Waals surface area contributed by atoms with Crippen molar-refractivity contribution in [2.24, 2.45) is 4.99 Å². The van der Waals surface area contributed by atoms with Crippen LogP contribution in [-0.4, -0.2) is 23.6 Å². The first-order valence-electron chi connectivity index (χ1n) is 12.5. The molecule has 1 fully saturated rings. The molecule has 1 saturated heterocycles. The molecule has 0 aromatic heterocycles. The molecular formula is C32H27N3O3S. The molecule has 4 aromatic rings. The van der Waals surface area contributed by atoms with Crippen LogP contribution in [0.3, 0.4) is 0 Å². The van der Waals surface area contributed by atoms with Crippen LogP contribution in [0.4, 0.5) is 17.1 Å². The Bertz CT molecular complexity index is 1550. The number of hydrogen-bond acceptors (Lipinski definition) is 5. The molecule has 0 unspecified atom stereocenters. The van der Waals surface area contributed by atoms with Crippen LogP contribution in [0.2, 0.25) is 0 Å². The van der Waals surface area contributed by atoms with E-state index >= 15 is 0 Å². The van der Waals surface area contributed by atoms with Gasteiger partial charge < -0.3 is 10.1 Å². The molecule has 0 saturated carbocycles. The average Bonchev–Trinajstić information content (AvgIpc) is 3.24. The summed E-state index contributed by atoms with van der Waals surface area (Å²) >= 11 is 1.33. The van der Waals surface area contributed by atoms with Crippen LogP contribution in [0.1, 0.15) is 16.7 Å². The first kappa shape index (κ1) is 26.0. The van der Waals surface area contributed by atoms with Gasteiger partial charge in [0.15, 0.2) is 11.8 Å². The summed E-state index contributed by atoms with van der Waals surface area (Å²) in [6.45, 7) is 3.91. The van der Waals surface area contributed by atoms with Crippen LogP contribution in [-0.2, 0) is 9.59 Å². The third-order valence-electron chi connectivity index (χ3n) is 5.94. The lowest BCUT2D eigenvalue weighted by Crippen LogP contribution is -2.28. The number of thioether (sulfide) groups is 1. The molecule has 4 aromatic carbocycles. The Hall–Kier alpha value is -4.62. The molecule has 194 valence electrons. The standard InChI is InChI=1S/C32H27N3O3S/c1-22-11-15-26(16-12-22)34-32-35(27-17-13-23(2)14-18-27)31(37)29(39-32)20-24-7-6-10-28(19-24)38-21-30(36)33-25-8-4-3-5-9-25/h3-20H,21H2,1-2H3,(H,33,36)/b29-20-,34-32?. The molecule has 0 aliphatic carbocycles. The number of nitrogens with one attached hydrogen (secondary N) is 1. The molecule has 5 rings (SSSR count). The van der Waals surface area contributed by atoms with Gasteiger partial charge in [-0.3, -0.25) is 14.5 Å². The number of para-hydroxylation sites is 1. The van der Waals surface area contributed by atoms with E-state index in [4.69, 9.17) is 9.73 Å². The molecule has 39 heavy (non-hydrogen) atoms. The molecule has 0 radical (unpaired) electrons. The molecule has 6 nitrogen and oxygen atoms in total. The summed E-state index contributed by atoms with van der Waals surface area (Å²) in [5.41, 5.74) is 5.28. The maximum atomic E-state index is 13.6. The minimum Gasteiger partial charge on any atom is -0.484 e. The van der Waals surface area contributed by atoms with Gasteiger partial charge in [-0.1, -0.05) is 65.7 Å². The Labute approximate surface area is 232 Å². The van der Waals surface area contributed by atoms with Gasteiger partial charge in [0.2, 0.25) is 0 Å². The second kappa shape index (κ2) is 11.8. The predicted molar refractivity (Wildman–Crippen MR) is 160 cm³/mol. The van der Waals surface area contributed by atoms with Crippen LogP contribution in [0, 0.1) is 13.8 Å². The molecular weight excluding hydrogens is 506 g/mol. The highest BCUT2D eigenvalue weighted by molar-refractivity contribution is 8.19. The fourth-order valence-electron chi connectivity index (χ4n) is 3.91. The van der Waals surface area contributed by atoms with Gasteiger partial charge in [0.1, 0.15) is 5.75 Å². The van der Waals surface area contributed by atoms with Crippen LogP contribution in [0.25, 0.3) is 6.08 Å². The van der Waals surface area contributed by atoms with Gasteiger partial charge in [-0.25, -0.2) is 4.99 Å². The van der Waals surface area contributed by atoms with Crippen molar-refractivity contribution < 1.29 is 14.3 Å². The van der Waals surface area contributed by atoms with Crippen LogP contribution < -0.4 is 15.0 Å². The minimum atomic E-state index is -0.253. The van der Waals surface area contributed by atoms with Crippen molar-refractivity contribution in [1.82, 2.24) is 0 Å². The van der Waals surface area contributed by atoms with E-state index < -0.39 is 0 Å². The summed E-state index contributed by atoms with van der Waals surface area (Å²) in [7, 11) is 0. The molecule has 1 aliphatic heterocycles. The quantitative estimate of drug-likeness (QED) is 0.257. The fourth-order valence-corrected chi connectivity index (χ4v) is 4.91. The maximum absolute atomic E-state index is 13.6. The van der Waals surface area contributed by atoms with Crippen molar-refractivity contribution in [3.05, 3.63) is 125 Å². The zero-order valence-electron chi connectivity index (χ0n) is 21.6. The molecule has 2 amide bonds. The topological polar surface area (TPSA) is 71.0 Å². The van der Waals surface area contributed by atoms with Crippen LogP contribution >= 0.6 is 11.8 Å². The molecule has 0 atom stereocenters. The van der Waals surface area contributed by atoms with Crippen LogP contribution in [0.5, 0.6) is 5.75 Å². The minimum absolute atomic E-state index is 0.128. The smallest absolute Gasteiger partial charge is 0.271 e. The van der Waals surface area contributed by atoms with Gasteiger partial charge in [-0.2, -0.15) is 0 Å². The first-order chi connectivity index (χ1) is 18.9. The summed E-state index contributed by atoms with van der Waals surface area (Å²) in [5, 5.41) is 3.39. The molecule has 1 N–H and O–H groups in total. The van der Waals surface area contributed by atoms with Gasteiger partial charge in [-0.15, -0.1) is 0 Å². The van der Waals surface area contributed by atoms with Crippen molar-refractivity contribution in [3.63, 3.8) is 0 Å². The van der Waals surface area contributed by atoms with E-state index in [9.17, 15) is 9.59 Å². The highest BCUT2D eigenvalue weighted by atomic mass is 32.2. The largest absolute Gasteiger partial charge is 0.484 e. The Morgan fingerprint density at radius 1 is 0.897 bits per heavy atom. The summed E-state index contributed by atoms with van der Waals surface area (Å²) in [6.07, 6.45) is 1.82. The Kier molecular flexibility index (Phi) is 7.89. The lowest BCUT2D eigenvalue weighted by Gasteiger charge is -2.16.